The van der Waals surface area contributed by atoms with Crippen molar-refractivity contribution in [2.24, 2.45) is 0 Å². The van der Waals surface area contributed by atoms with E-state index in [4.69, 9.17) is 4.74 Å². The molecule has 0 atom stereocenters. The van der Waals surface area contributed by atoms with E-state index in [0.29, 0.717) is 12.4 Å². The highest BCUT2D eigenvalue weighted by Gasteiger charge is 2.49. The number of nitrogens with zero attached hydrogens (tertiary/aromatic N) is 2. The van der Waals surface area contributed by atoms with Crippen LogP contribution in [0.1, 0.15) is 18.7 Å². The van der Waals surface area contributed by atoms with E-state index >= 15 is 0 Å². The quantitative estimate of drug-likeness (QED) is 0.687. The maximum absolute atomic E-state index is 10.9. The molecule has 0 bridgehead atoms. The Balaban J connectivity index is 1.74. The summed E-state index contributed by atoms with van der Waals surface area (Å²) in [5.74, 6) is 0.716. The van der Waals surface area contributed by atoms with E-state index in [9.17, 15) is 4.79 Å². The summed E-state index contributed by atoms with van der Waals surface area (Å²) in [5.41, 5.74) is 0.0109. The lowest BCUT2D eigenvalue weighted by molar-refractivity contribution is -0.0255. The highest BCUT2D eigenvalue weighted by atomic mass is 16.5. The molecule has 1 spiro atoms. The average molecular weight is 210 g/mol. The van der Waals surface area contributed by atoms with Gasteiger partial charge in [-0.2, -0.15) is 5.10 Å². The molecule has 1 aromatic heterocycles. The molecular weight excluding hydrogens is 196 g/mol. The summed E-state index contributed by atoms with van der Waals surface area (Å²) in [5, 5.41) is 6.31. The second-order valence-corrected chi connectivity index (χ2v) is 4.32. The lowest BCUT2D eigenvalue weighted by Crippen LogP contribution is -2.47. The van der Waals surface area contributed by atoms with Gasteiger partial charge in [0.1, 0.15) is 5.82 Å². The smallest absolute Gasteiger partial charge is 0.340 e. The standard InChI is InChI=1S/C9H14N4O2/c14-8-10-7(11-12-8)5-13-3-4-15-6-9(13)1-2-9/h1-6H2,(H2,10,11,12,14). The van der Waals surface area contributed by atoms with Crippen LogP contribution in [0.2, 0.25) is 0 Å². The lowest BCUT2D eigenvalue weighted by Gasteiger charge is -2.35. The minimum Gasteiger partial charge on any atom is -0.378 e. The molecule has 6 nitrogen and oxygen atoms in total. The zero-order chi connectivity index (χ0) is 10.3. The fourth-order valence-electron chi connectivity index (χ4n) is 2.18. The molecule has 2 fully saturated rings. The number of nitrogens with one attached hydrogen (secondary N) is 2. The summed E-state index contributed by atoms with van der Waals surface area (Å²) >= 11 is 0. The Morgan fingerprint density at radius 2 is 2.40 bits per heavy atom. The number of hydrogen-bond donors (Lipinski definition) is 2. The zero-order valence-electron chi connectivity index (χ0n) is 8.45. The molecule has 1 saturated heterocycles. The Hall–Kier alpha value is -1.14. The molecule has 1 aliphatic heterocycles. The highest BCUT2D eigenvalue weighted by molar-refractivity contribution is 5.06. The van der Waals surface area contributed by atoms with Crippen molar-refractivity contribution in [1.82, 2.24) is 20.1 Å². The summed E-state index contributed by atoms with van der Waals surface area (Å²) < 4.78 is 5.48. The molecule has 1 saturated carbocycles. The van der Waals surface area contributed by atoms with Crippen molar-refractivity contribution in [2.45, 2.75) is 24.9 Å². The second kappa shape index (κ2) is 3.18. The largest absolute Gasteiger partial charge is 0.378 e. The molecule has 3 rings (SSSR count). The van der Waals surface area contributed by atoms with Gasteiger partial charge in [-0.15, -0.1) is 0 Å². The van der Waals surface area contributed by atoms with Crippen LogP contribution < -0.4 is 5.69 Å². The Bertz CT molecular complexity index is 406. The van der Waals surface area contributed by atoms with Crippen LogP contribution in [0.5, 0.6) is 0 Å². The van der Waals surface area contributed by atoms with Crippen molar-refractivity contribution in [3.05, 3.63) is 16.3 Å². The Labute approximate surface area is 86.6 Å². The molecule has 0 amide bonds. The molecule has 0 aromatic carbocycles. The van der Waals surface area contributed by atoms with E-state index in [1.165, 1.54) is 12.8 Å². The third-order valence-electron chi connectivity index (χ3n) is 3.27. The summed E-state index contributed by atoms with van der Waals surface area (Å²) in [4.78, 5) is 15.9. The van der Waals surface area contributed by atoms with Gasteiger partial charge in [-0.1, -0.05) is 0 Å². The van der Waals surface area contributed by atoms with Crippen LogP contribution in [0.15, 0.2) is 4.79 Å². The van der Waals surface area contributed by atoms with E-state index in [2.05, 4.69) is 20.1 Å². The molecule has 1 aliphatic carbocycles. The first kappa shape index (κ1) is 9.11. The minimum absolute atomic E-state index is 0.233. The Morgan fingerprint density at radius 3 is 3.07 bits per heavy atom. The number of H-pyrrole nitrogens is 2. The van der Waals surface area contributed by atoms with Gasteiger partial charge in [0.2, 0.25) is 0 Å². The van der Waals surface area contributed by atoms with Crippen molar-refractivity contribution in [1.29, 1.82) is 0 Å². The van der Waals surface area contributed by atoms with Gasteiger partial charge in [-0.05, 0) is 12.8 Å². The van der Waals surface area contributed by atoms with Gasteiger partial charge in [0.05, 0.1) is 19.8 Å². The highest BCUT2D eigenvalue weighted by Crippen LogP contribution is 2.43. The number of rotatable bonds is 2. The van der Waals surface area contributed by atoms with E-state index in [1.54, 1.807) is 0 Å². The minimum atomic E-state index is -0.233. The summed E-state index contributed by atoms with van der Waals surface area (Å²) in [6, 6.07) is 0. The monoisotopic (exact) mass is 210 g/mol. The lowest BCUT2D eigenvalue weighted by atomic mass is 10.2. The topological polar surface area (TPSA) is 74.0 Å². The summed E-state index contributed by atoms with van der Waals surface area (Å²) in [6.07, 6.45) is 2.39. The SMILES string of the molecule is O=c1[nH]nc(CN2CCOCC23CC3)[nH]1. The third kappa shape index (κ3) is 1.59. The van der Waals surface area contributed by atoms with Crippen molar-refractivity contribution in [3.63, 3.8) is 0 Å². The summed E-state index contributed by atoms with van der Waals surface area (Å²) in [7, 11) is 0. The molecule has 1 aromatic rings. The number of aromatic amines is 2. The van der Waals surface area contributed by atoms with Crippen molar-refractivity contribution >= 4 is 0 Å². The fourth-order valence-corrected chi connectivity index (χ4v) is 2.18. The normalized spacial score (nSPS) is 24.5. The first-order valence-electron chi connectivity index (χ1n) is 5.25. The van der Waals surface area contributed by atoms with Crippen LogP contribution in [0.3, 0.4) is 0 Å². The third-order valence-corrected chi connectivity index (χ3v) is 3.27. The second-order valence-electron chi connectivity index (χ2n) is 4.32. The van der Waals surface area contributed by atoms with E-state index < -0.39 is 0 Å². The van der Waals surface area contributed by atoms with Gasteiger partial charge in [-0.25, -0.2) is 9.89 Å². The first-order chi connectivity index (χ1) is 7.28. The maximum Gasteiger partial charge on any atom is 0.340 e. The van der Waals surface area contributed by atoms with Crippen LogP contribution in [0.4, 0.5) is 0 Å². The van der Waals surface area contributed by atoms with Crippen molar-refractivity contribution < 1.29 is 4.74 Å². The Morgan fingerprint density at radius 1 is 1.53 bits per heavy atom. The molecule has 2 aliphatic rings. The average Bonchev–Trinajstić information content (AvgIpc) is 2.88. The molecule has 2 heterocycles. The fraction of sp³-hybridized carbons (Fsp3) is 0.778. The van der Waals surface area contributed by atoms with Gasteiger partial charge < -0.3 is 4.74 Å². The van der Waals surface area contributed by atoms with Crippen LogP contribution in [-0.4, -0.2) is 45.4 Å². The van der Waals surface area contributed by atoms with Gasteiger partial charge in [0, 0.05) is 12.1 Å². The van der Waals surface area contributed by atoms with Crippen LogP contribution in [-0.2, 0) is 11.3 Å². The molecule has 2 N–H and O–H groups in total. The molecule has 0 radical (unpaired) electrons. The van der Waals surface area contributed by atoms with Crippen molar-refractivity contribution in [3.8, 4) is 0 Å². The molecule has 82 valence electrons. The van der Waals surface area contributed by atoms with E-state index in [1.807, 2.05) is 0 Å². The number of aromatic nitrogens is 3. The van der Waals surface area contributed by atoms with Crippen LogP contribution in [0.25, 0.3) is 0 Å². The summed E-state index contributed by atoms with van der Waals surface area (Å²) in [6.45, 7) is 3.23. The molecule has 15 heavy (non-hydrogen) atoms. The van der Waals surface area contributed by atoms with Gasteiger partial charge in [0.15, 0.2) is 0 Å². The van der Waals surface area contributed by atoms with Crippen LogP contribution >= 0.6 is 0 Å². The van der Waals surface area contributed by atoms with Crippen molar-refractivity contribution in [2.75, 3.05) is 19.8 Å². The number of morpholine rings is 1. The Kier molecular flexibility index (Phi) is 1.93. The zero-order valence-corrected chi connectivity index (χ0v) is 8.45. The molecular formula is C9H14N4O2. The molecule has 0 unspecified atom stereocenters. The first-order valence-corrected chi connectivity index (χ1v) is 5.25. The van der Waals surface area contributed by atoms with Gasteiger partial charge in [0.25, 0.3) is 0 Å². The predicted molar refractivity (Wildman–Crippen MR) is 52.4 cm³/mol. The maximum atomic E-state index is 10.9. The molecule has 6 heteroatoms. The van der Waals surface area contributed by atoms with E-state index in [-0.39, 0.29) is 11.2 Å². The van der Waals surface area contributed by atoms with Crippen LogP contribution in [0, 0.1) is 0 Å². The number of hydrogen-bond acceptors (Lipinski definition) is 4. The van der Waals surface area contributed by atoms with E-state index in [0.717, 1.165) is 19.8 Å². The van der Waals surface area contributed by atoms with Gasteiger partial charge in [-0.3, -0.25) is 9.88 Å². The predicted octanol–water partition coefficient (Wildman–Crippen LogP) is -0.537. The number of ether oxygens (including phenoxy) is 1. The van der Waals surface area contributed by atoms with Gasteiger partial charge >= 0.3 is 5.69 Å².